The van der Waals surface area contributed by atoms with Crippen LogP contribution in [0.2, 0.25) is 0 Å². The van der Waals surface area contributed by atoms with Crippen molar-refractivity contribution in [3.63, 3.8) is 0 Å². The van der Waals surface area contributed by atoms with Gasteiger partial charge in [0.05, 0.1) is 6.04 Å². The van der Waals surface area contributed by atoms with Crippen molar-refractivity contribution in [3.8, 4) is 0 Å². The zero-order valence-electron chi connectivity index (χ0n) is 15.1. The quantitative estimate of drug-likeness (QED) is 0.865. The lowest BCUT2D eigenvalue weighted by molar-refractivity contribution is 0.164. The zero-order valence-corrected chi connectivity index (χ0v) is 15.1. The van der Waals surface area contributed by atoms with Crippen LogP contribution in [0.5, 0.6) is 0 Å². The summed E-state index contributed by atoms with van der Waals surface area (Å²) in [7, 11) is 1.93. The van der Waals surface area contributed by atoms with Gasteiger partial charge in [-0.25, -0.2) is 4.39 Å². The largest absolute Gasteiger partial charge is 0.369 e. The number of piperazine rings is 1. The van der Waals surface area contributed by atoms with Gasteiger partial charge in [0.25, 0.3) is 0 Å². The van der Waals surface area contributed by atoms with Crippen LogP contribution in [-0.2, 0) is 6.42 Å². The molecule has 0 spiro atoms. The molecule has 1 aliphatic rings. The molecular formula is C18H26FN5O. The first-order valence-corrected chi connectivity index (χ1v) is 8.81. The monoisotopic (exact) mass is 347 g/mol. The lowest BCUT2D eigenvalue weighted by Crippen LogP contribution is -2.47. The summed E-state index contributed by atoms with van der Waals surface area (Å²) in [6.45, 7) is 7.80. The van der Waals surface area contributed by atoms with Gasteiger partial charge < -0.3 is 14.7 Å². The van der Waals surface area contributed by atoms with Crippen LogP contribution < -0.4 is 10.2 Å². The molecule has 1 N–H and O–H groups in total. The molecule has 0 radical (unpaired) electrons. The van der Waals surface area contributed by atoms with E-state index in [0.29, 0.717) is 11.9 Å². The predicted molar refractivity (Wildman–Crippen MR) is 95.1 cm³/mol. The van der Waals surface area contributed by atoms with Gasteiger partial charge in [0, 0.05) is 44.3 Å². The van der Waals surface area contributed by atoms with Crippen molar-refractivity contribution in [2.24, 2.45) is 0 Å². The van der Waals surface area contributed by atoms with Crippen LogP contribution >= 0.6 is 0 Å². The Kier molecular flexibility index (Phi) is 5.65. The molecule has 0 amide bonds. The molecule has 3 rings (SSSR count). The normalized spacial score (nSPS) is 18.3. The van der Waals surface area contributed by atoms with Crippen molar-refractivity contribution < 1.29 is 8.91 Å². The van der Waals surface area contributed by atoms with Crippen molar-refractivity contribution in [2.75, 3.05) is 38.1 Å². The molecule has 1 aliphatic heterocycles. The summed E-state index contributed by atoms with van der Waals surface area (Å²) in [6, 6.07) is 7.11. The summed E-state index contributed by atoms with van der Waals surface area (Å²) in [5, 5.41) is 7.27. The minimum Gasteiger partial charge on any atom is -0.369 e. The fourth-order valence-corrected chi connectivity index (χ4v) is 3.07. The average molecular weight is 347 g/mol. The Morgan fingerprint density at radius 3 is 2.48 bits per heavy atom. The van der Waals surface area contributed by atoms with Gasteiger partial charge in [-0.05, 0) is 45.2 Å². The molecule has 7 heteroatoms. The molecule has 1 aromatic heterocycles. The number of halogens is 1. The first-order valence-electron chi connectivity index (χ1n) is 8.81. The third kappa shape index (κ3) is 4.35. The first kappa shape index (κ1) is 17.8. The van der Waals surface area contributed by atoms with E-state index in [0.717, 1.165) is 44.1 Å². The van der Waals surface area contributed by atoms with E-state index in [1.807, 2.05) is 19.2 Å². The maximum atomic E-state index is 13.1. The molecule has 2 heterocycles. The van der Waals surface area contributed by atoms with E-state index in [9.17, 15) is 4.39 Å². The van der Waals surface area contributed by atoms with Gasteiger partial charge in [-0.3, -0.25) is 4.90 Å². The summed E-state index contributed by atoms with van der Waals surface area (Å²) >= 11 is 0. The molecule has 0 saturated carbocycles. The Morgan fingerprint density at radius 2 is 1.84 bits per heavy atom. The number of anilines is 1. The standard InChI is InChI=1S/C18H26FN5O/c1-13(20-3)12-17-21-18(25-22-17)14(2)23-8-10-24(11-9-23)16-6-4-15(19)5-7-16/h4-7,13-14,20H,8-12H2,1-3H3. The second-order valence-corrected chi connectivity index (χ2v) is 6.62. The van der Waals surface area contributed by atoms with E-state index in [-0.39, 0.29) is 11.9 Å². The lowest BCUT2D eigenvalue weighted by atomic mass is 10.2. The lowest BCUT2D eigenvalue weighted by Gasteiger charge is -2.38. The second-order valence-electron chi connectivity index (χ2n) is 6.62. The highest BCUT2D eigenvalue weighted by Gasteiger charge is 2.26. The number of nitrogens with one attached hydrogen (secondary N) is 1. The fourth-order valence-electron chi connectivity index (χ4n) is 3.07. The molecule has 0 aliphatic carbocycles. The van der Waals surface area contributed by atoms with Gasteiger partial charge in [-0.1, -0.05) is 5.16 Å². The average Bonchev–Trinajstić information content (AvgIpc) is 3.10. The smallest absolute Gasteiger partial charge is 0.243 e. The highest BCUT2D eigenvalue weighted by atomic mass is 19.1. The van der Waals surface area contributed by atoms with Crippen molar-refractivity contribution in [2.45, 2.75) is 32.4 Å². The predicted octanol–water partition coefficient (Wildman–Crippen LogP) is 2.24. The van der Waals surface area contributed by atoms with E-state index in [4.69, 9.17) is 4.52 Å². The third-order valence-corrected chi connectivity index (χ3v) is 4.88. The minimum atomic E-state index is -0.198. The SMILES string of the molecule is CNC(C)Cc1noc(C(C)N2CCN(c3ccc(F)cc3)CC2)n1. The second kappa shape index (κ2) is 7.93. The molecule has 0 bridgehead atoms. The zero-order chi connectivity index (χ0) is 17.8. The molecule has 2 aromatic rings. The topological polar surface area (TPSA) is 57.4 Å². The molecule has 6 nitrogen and oxygen atoms in total. The van der Waals surface area contributed by atoms with Crippen LogP contribution in [0.1, 0.15) is 31.6 Å². The van der Waals surface area contributed by atoms with Crippen molar-refractivity contribution in [1.82, 2.24) is 20.4 Å². The number of benzene rings is 1. The van der Waals surface area contributed by atoms with Crippen LogP contribution in [0.3, 0.4) is 0 Å². The van der Waals surface area contributed by atoms with Gasteiger partial charge in [-0.2, -0.15) is 4.98 Å². The minimum absolute atomic E-state index is 0.0986. The molecule has 2 atom stereocenters. The van der Waals surface area contributed by atoms with Crippen LogP contribution in [0.25, 0.3) is 0 Å². The van der Waals surface area contributed by atoms with Crippen LogP contribution in [0, 0.1) is 5.82 Å². The van der Waals surface area contributed by atoms with Gasteiger partial charge >= 0.3 is 0 Å². The Hall–Kier alpha value is -1.99. The third-order valence-electron chi connectivity index (χ3n) is 4.88. The maximum Gasteiger partial charge on any atom is 0.243 e. The van der Waals surface area contributed by atoms with Crippen molar-refractivity contribution in [3.05, 3.63) is 41.8 Å². The first-order chi connectivity index (χ1) is 12.1. The van der Waals surface area contributed by atoms with E-state index in [1.165, 1.54) is 12.1 Å². The summed E-state index contributed by atoms with van der Waals surface area (Å²) in [5.74, 6) is 1.22. The molecule has 136 valence electrons. The number of hydrogen-bond acceptors (Lipinski definition) is 6. The van der Waals surface area contributed by atoms with Gasteiger partial charge in [0.2, 0.25) is 5.89 Å². The maximum absolute atomic E-state index is 13.1. The van der Waals surface area contributed by atoms with E-state index < -0.39 is 0 Å². The van der Waals surface area contributed by atoms with E-state index >= 15 is 0 Å². The highest BCUT2D eigenvalue weighted by molar-refractivity contribution is 5.46. The summed E-state index contributed by atoms with van der Waals surface area (Å²) in [6.07, 6.45) is 0.755. The molecule has 25 heavy (non-hydrogen) atoms. The van der Waals surface area contributed by atoms with Gasteiger partial charge in [-0.15, -0.1) is 0 Å². The molecule has 1 aromatic carbocycles. The molecule has 1 saturated heterocycles. The van der Waals surface area contributed by atoms with E-state index in [1.54, 1.807) is 0 Å². The van der Waals surface area contributed by atoms with Crippen LogP contribution in [0.4, 0.5) is 10.1 Å². The number of hydrogen-bond donors (Lipinski definition) is 1. The molecular weight excluding hydrogens is 321 g/mol. The molecule has 2 unspecified atom stereocenters. The van der Waals surface area contributed by atoms with Crippen molar-refractivity contribution >= 4 is 5.69 Å². The van der Waals surface area contributed by atoms with E-state index in [2.05, 4.69) is 39.1 Å². The van der Waals surface area contributed by atoms with Gasteiger partial charge in [0.1, 0.15) is 5.82 Å². The van der Waals surface area contributed by atoms with Gasteiger partial charge in [0.15, 0.2) is 5.82 Å². The Morgan fingerprint density at radius 1 is 1.16 bits per heavy atom. The summed E-state index contributed by atoms with van der Waals surface area (Å²) < 4.78 is 18.5. The molecule has 1 fully saturated rings. The fraction of sp³-hybridized carbons (Fsp3) is 0.556. The Balaban J connectivity index is 1.56. The highest BCUT2D eigenvalue weighted by Crippen LogP contribution is 2.23. The Labute approximate surface area is 148 Å². The number of rotatable bonds is 6. The summed E-state index contributed by atoms with van der Waals surface area (Å²) in [5.41, 5.74) is 1.06. The summed E-state index contributed by atoms with van der Waals surface area (Å²) in [4.78, 5) is 9.17. The van der Waals surface area contributed by atoms with Crippen LogP contribution in [0.15, 0.2) is 28.8 Å². The number of aromatic nitrogens is 2. The van der Waals surface area contributed by atoms with Crippen LogP contribution in [-0.4, -0.2) is 54.3 Å². The Bertz CT molecular complexity index is 666. The number of nitrogens with zero attached hydrogens (tertiary/aromatic N) is 4. The number of likely N-dealkylation sites (N-methyl/N-ethyl adjacent to an activating group) is 1. The van der Waals surface area contributed by atoms with Crippen molar-refractivity contribution in [1.29, 1.82) is 0 Å².